The molecule has 0 spiro atoms. The first kappa shape index (κ1) is 18.6. The van der Waals surface area contributed by atoms with E-state index in [0.29, 0.717) is 27.7 Å². The molecule has 0 saturated carbocycles. The zero-order valence-electron chi connectivity index (χ0n) is 16.2. The predicted molar refractivity (Wildman–Crippen MR) is 113 cm³/mol. The third kappa shape index (κ3) is 3.54. The molecule has 2 aromatic carbocycles. The number of nitrogens with zero attached hydrogens (tertiary/aromatic N) is 2. The van der Waals surface area contributed by atoms with Gasteiger partial charge in [-0.25, -0.2) is 4.98 Å². The first-order chi connectivity index (χ1) is 13.9. The molecule has 0 radical (unpaired) electrons. The Morgan fingerprint density at radius 1 is 1.07 bits per heavy atom. The highest BCUT2D eigenvalue weighted by atomic mass is 16.2. The zero-order valence-corrected chi connectivity index (χ0v) is 16.2. The number of benzene rings is 2. The minimum absolute atomic E-state index is 0.126. The number of anilines is 1. The number of pyridine rings is 1. The van der Waals surface area contributed by atoms with Crippen molar-refractivity contribution in [2.75, 3.05) is 5.32 Å². The fourth-order valence-corrected chi connectivity index (χ4v) is 3.35. The maximum absolute atomic E-state index is 12.5. The number of H-pyrrole nitrogens is 1. The number of amides is 1. The van der Waals surface area contributed by atoms with Crippen LogP contribution in [-0.4, -0.2) is 20.4 Å². The van der Waals surface area contributed by atoms with Crippen molar-refractivity contribution in [3.8, 4) is 0 Å². The number of fused-ring (bicyclic) bond motifs is 2. The summed E-state index contributed by atoms with van der Waals surface area (Å²) in [7, 11) is 0. The number of carbonyl (C=O) groups excluding carboxylic acids is 1. The number of nitrogens with one attached hydrogen (secondary N) is 2. The topological polar surface area (TPSA) is 96.8 Å². The predicted octanol–water partition coefficient (Wildman–Crippen LogP) is 2.88. The number of carbonyl (C=O) groups is 1. The van der Waals surface area contributed by atoms with Crippen molar-refractivity contribution in [3.05, 3.63) is 80.6 Å². The van der Waals surface area contributed by atoms with Gasteiger partial charge in [0.1, 0.15) is 0 Å². The number of aromatic nitrogens is 3. The van der Waals surface area contributed by atoms with E-state index in [0.717, 1.165) is 10.9 Å². The van der Waals surface area contributed by atoms with Crippen LogP contribution in [0.15, 0.2) is 58.4 Å². The van der Waals surface area contributed by atoms with Crippen molar-refractivity contribution < 1.29 is 4.79 Å². The van der Waals surface area contributed by atoms with Crippen LogP contribution in [0.5, 0.6) is 0 Å². The Morgan fingerprint density at radius 2 is 1.86 bits per heavy atom. The fraction of sp³-hybridized carbons (Fsp3) is 0.182. The second-order valence-corrected chi connectivity index (χ2v) is 7.02. The Balaban J connectivity index is 1.50. The number of hydrogen-bond donors (Lipinski definition) is 2. The van der Waals surface area contributed by atoms with Crippen LogP contribution in [0.2, 0.25) is 0 Å². The van der Waals surface area contributed by atoms with E-state index in [1.165, 1.54) is 10.9 Å². The molecule has 146 valence electrons. The molecule has 7 nitrogen and oxygen atoms in total. The monoisotopic (exact) mass is 388 g/mol. The lowest BCUT2D eigenvalue weighted by atomic mass is 10.1. The number of para-hydroxylation sites is 1. The van der Waals surface area contributed by atoms with Crippen LogP contribution in [0.25, 0.3) is 21.8 Å². The van der Waals surface area contributed by atoms with Gasteiger partial charge in [0, 0.05) is 29.6 Å². The molecule has 4 aromatic rings. The molecule has 2 N–H and O–H groups in total. The van der Waals surface area contributed by atoms with Crippen molar-refractivity contribution in [3.63, 3.8) is 0 Å². The molecule has 0 atom stereocenters. The second-order valence-electron chi connectivity index (χ2n) is 7.02. The van der Waals surface area contributed by atoms with Gasteiger partial charge in [0.25, 0.3) is 11.1 Å². The molecule has 0 aliphatic carbocycles. The summed E-state index contributed by atoms with van der Waals surface area (Å²) in [4.78, 5) is 43.9. The third-order valence-electron chi connectivity index (χ3n) is 5.17. The Hall–Kier alpha value is -3.74. The second kappa shape index (κ2) is 7.35. The Morgan fingerprint density at radius 3 is 2.69 bits per heavy atom. The van der Waals surface area contributed by atoms with Crippen LogP contribution >= 0.6 is 0 Å². The van der Waals surface area contributed by atoms with E-state index < -0.39 is 0 Å². The quantitative estimate of drug-likeness (QED) is 0.562. The van der Waals surface area contributed by atoms with Crippen LogP contribution in [0.4, 0.5) is 5.69 Å². The van der Waals surface area contributed by atoms with Gasteiger partial charge in [-0.3, -0.25) is 19.0 Å². The highest BCUT2D eigenvalue weighted by Crippen LogP contribution is 2.21. The largest absolute Gasteiger partial charge is 0.326 e. The van der Waals surface area contributed by atoms with E-state index in [1.54, 1.807) is 37.3 Å². The summed E-state index contributed by atoms with van der Waals surface area (Å²) in [5.74, 6) is -0.226. The maximum atomic E-state index is 12.5. The van der Waals surface area contributed by atoms with Gasteiger partial charge >= 0.3 is 0 Å². The molecule has 1 amide bonds. The van der Waals surface area contributed by atoms with Gasteiger partial charge in [-0.15, -0.1) is 0 Å². The Kier molecular flexibility index (Phi) is 4.72. The SMILES string of the molecule is Cc1c(C)c2ccc(NC(=O)CCn3cnc4ccccc4c3=O)cc2[nH]c1=O. The van der Waals surface area contributed by atoms with E-state index in [1.807, 2.05) is 19.1 Å². The van der Waals surface area contributed by atoms with E-state index >= 15 is 0 Å². The molecule has 0 bridgehead atoms. The van der Waals surface area contributed by atoms with Crippen LogP contribution in [0.1, 0.15) is 17.5 Å². The normalized spacial score (nSPS) is 11.1. The van der Waals surface area contributed by atoms with E-state index in [9.17, 15) is 14.4 Å². The van der Waals surface area contributed by atoms with Crippen LogP contribution in [-0.2, 0) is 11.3 Å². The van der Waals surface area contributed by atoms with Gasteiger partial charge in [-0.05, 0) is 43.7 Å². The maximum Gasteiger partial charge on any atom is 0.261 e. The first-order valence-corrected chi connectivity index (χ1v) is 9.31. The lowest BCUT2D eigenvalue weighted by Gasteiger charge is -2.10. The lowest BCUT2D eigenvalue weighted by molar-refractivity contribution is -0.116. The average molecular weight is 388 g/mol. The smallest absolute Gasteiger partial charge is 0.261 e. The summed E-state index contributed by atoms with van der Waals surface area (Å²) in [5.41, 5.74) is 3.19. The summed E-state index contributed by atoms with van der Waals surface area (Å²) < 4.78 is 1.44. The van der Waals surface area contributed by atoms with Crippen LogP contribution in [0, 0.1) is 13.8 Å². The van der Waals surface area contributed by atoms with Crippen molar-refractivity contribution in [1.29, 1.82) is 0 Å². The highest BCUT2D eigenvalue weighted by Gasteiger charge is 2.09. The standard InChI is InChI=1S/C22H20N4O3/c1-13-14(2)21(28)25-19-11-15(7-8-16(13)19)24-20(27)9-10-26-12-23-18-6-4-3-5-17(18)22(26)29/h3-8,11-12H,9-10H2,1-2H3,(H,24,27)(H,25,28). The molecular formula is C22H20N4O3. The van der Waals surface area contributed by atoms with Crippen molar-refractivity contribution in [1.82, 2.24) is 14.5 Å². The lowest BCUT2D eigenvalue weighted by Crippen LogP contribution is -2.23. The molecular weight excluding hydrogens is 368 g/mol. The van der Waals surface area contributed by atoms with Gasteiger partial charge in [-0.2, -0.15) is 0 Å². The van der Waals surface area contributed by atoms with Crippen LogP contribution in [0.3, 0.4) is 0 Å². The summed E-state index contributed by atoms with van der Waals surface area (Å²) in [6.45, 7) is 3.92. The highest BCUT2D eigenvalue weighted by molar-refractivity contribution is 5.94. The van der Waals surface area contributed by atoms with E-state index in [2.05, 4.69) is 15.3 Å². The van der Waals surface area contributed by atoms with Gasteiger partial charge in [0.15, 0.2) is 0 Å². The van der Waals surface area contributed by atoms with E-state index in [4.69, 9.17) is 0 Å². The minimum atomic E-state index is -0.226. The van der Waals surface area contributed by atoms with Gasteiger partial charge in [0.2, 0.25) is 5.91 Å². The van der Waals surface area contributed by atoms with Gasteiger partial charge in [-0.1, -0.05) is 18.2 Å². The molecule has 0 saturated heterocycles. The number of rotatable bonds is 4. The molecule has 4 rings (SSSR count). The summed E-state index contributed by atoms with van der Waals surface area (Å²) in [6.07, 6.45) is 1.59. The van der Waals surface area contributed by atoms with Crippen molar-refractivity contribution in [2.45, 2.75) is 26.8 Å². The van der Waals surface area contributed by atoms with E-state index in [-0.39, 0.29) is 30.0 Å². The zero-order chi connectivity index (χ0) is 20.5. The average Bonchev–Trinajstić information content (AvgIpc) is 2.72. The summed E-state index contributed by atoms with van der Waals surface area (Å²) in [6, 6.07) is 12.5. The van der Waals surface area contributed by atoms with Gasteiger partial charge < -0.3 is 10.3 Å². The Bertz CT molecular complexity index is 1370. The molecule has 0 aliphatic heterocycles. The fourth-order valence-electron chi connectivity index (χ4n) is 3.35. The minimum Gasteiger partial charge on any atom is -0.326 e. The Labute approximate surface area is 166 Å². The molecule has 0 unspecified atom stereocenters. The number of hydrogen-bond acceptors (Lipinski definition) is 4. The summed E-state index contributed by atoms with van der Waals surface area (Å²) >= 11 is 0. The van der Waals surface area contributed by atoms with Crippen LogP contribution < -0.4 is 16.4 Å². The first-order valence-electron chi connectivity index (χ1n) is 9.31. The molecule has 2 heterocycles. The van der Waals surface area contributed by atoms with Gasteiger partial charge in [0.05, 0.1) is 22.7 Å². The molecule has 29 heavy (non-hydrogen) atoms. The van der Waals surface area contributed by atoms with Crippen molar-refractivity contribution in [2.24, 2.45) is 0 Å². The summed E-state index contributed by atoms with van der Waals surface area (Å²) in [5, 5.41) is 4.28. The molecule has 7 heteroatoms. The number of aryl methyl sites for hydroxylation is 2. The molecule has 0 fully saturated rings. The van der Waals surface area contributed by atoms with Crippen molar-refractivity contribution >= 4 is 33.4 Å². The number of aromatic amines is 1. The molecule has 2 aromatic heterocycles. The third-order valence-corrected chi connectivity index (χ3v) is 5.17. The molecule has 0 aliphatic rings.